The summed E-state index contributed by atoms with van der Waals surface area (Å²) in [6.45, 7) is 2.71. The number of hydrogen-bond acceptors (Lipinski definition) is 5. The molecule has 1 unspecified atom stereocenters. The number of rotatable bonds is 7. The van der Waals surface area contributed by atoms with Crippen molar-refractivity contribution in [2.75, 3.05) is 20.3 Å². The Hall–Kier alpha value is -3.28. The maximum atomic E-state index is 12.9. The van der Waals surface area contributed by atoms with E-state index in [1.54, 1.807) is 13.3 Å². The maximum Gasteiger partial charge on any atom is 0.261 e. The van der Waals surface area contributed by atoms with Crippen molar-refractivity contribution >= 4 is 5.91 Å². The molecule has 2 aromatic carbocycles. The van der Waals surface area contributed by atoms with Crippen molar-refractivity contribution in [1.82, 2.24) is 9.88 Å². The highest BCUT2D eigenvalue weighted by Gasteiger charge is 2.31. The molecule has 1 fully saturated rings. The van der Waals surface area contributed by atoms with Crippen LogP contribution in [0.4, 0.5) is 0 Å². The topological polar surface area (TPSA) is 64.8 Å². The van der Waals surface area contributed by atoms with Crippen molar-refractivity contribution in [3.05, 3.63) is 77.5 Å². The van der Waals surface area contributed by atoms with E-state index in [2.05, 4.69) is 4.98 Å². The summed E-state index contributed by atoms with van der Waals surface area (Å²) >= 11 is 0. The summed E-state index contributed by atoms with van der Waals surface area (Å²) in [4.78, 5) is 19.3. The predicted molar refractivity (Wildman–Crippen MR) is 117 cm³/mol. The van der Waals surface area contributed by atoms with Gasteiger partial charge in [0.05, 0.1) is 13.3 Å². The Labute approximate surface area is 182 Å². The van der Waals surface area contributed by atoms with Crippen LogP contribution in [0.15, 0.2) is 59.1 Å². The van der Waals surface area contributed by atoms with Crippen molar-refractivity contribution in [3.63, 3.8) is 0 Å². The van der Waals surface area contributed by atoms with Crippen LogP contribution >= 0.6 is 0 Å². The van der Waals surface area contributed by atoms with Crippen LogP contribution in [-0.4, -0.2) is 36.1 Å². The van der Waals surface area contributed by atoms with E-state index in [1.165, 1.54) is 0 Å². The Morgan fingerprint density at radius 2 is 1.97 bits per heavy atom. The fourth-order valence-corrected chi connectivity index (χ4v) is 3.94. The molecule has 6 heteroatoms. The zero-order valence-corrected chi connectivity index (χ0v) is 18.0. The van der Waals surface area contributed by atoms with Gasteiger partial charge in [0.2, 0.25) is 5.89 Å². The van der Waals surface area contributed by atoms with E-state index in [0.29, 0.717) is 24.6 Å². The van der Waals surface area contributed by atoms with Crippen molar-refractivity contribution in [2.45, 2.75) is 38.6 Å². The first kappa shape index (κ1) is 21.0. The van der Waals surface area contributed by atoms with Gasteiger partial charge in [0.25, 0.3) is 5.91 Å². The lowest BCUT2D eigenvalue weighted by Gasteiger charge is -2.33. The number of likely N-dealkylation sites (tertiary alicyclic amines) is 1. The second kappa shape index (κ2) is 9.69. The second-order valence-corrected chi connectivity index (χ2v) is 7.85. The molecule has 0 spiro atoms. The highest BCUT2D eigenvalue weighted by Crippen LogP contribution is 2.31. The molecule has 31 heavy (non-hydrogen) atoms. The summed E-state index contributed by atoms with van der Waals surface area (Å²) in [6, 6.07) is 15.4. The van der Waals surface area contributed by atoms with Crippen LogP contribution in [0.2, 0.25) is 0 Å². The minimum absolute atomic E-state index is 0.00827. The number of hydrogen-bond donors (Lipinski definition) is 0. The lowest BCUT2D eigenvalue weighted by Crippen LogP contribution is -2.41. The van der Waals surface area contributed by atoms with Gasteiger partial charge in [0.15, 0.2) is 6.61 Å². The molecule has 1 aliphatic heterocycles. The normalized spacial score (nSPS) is 16.2. The SMILES string of the molecule is COc1ccccc1Cc1cnc(C2CCCCN2C(=O)COc2ccc(C)cc2)o1. The number of oxazole rings is 1. The zero-order valence-electron chi connectivity index (χ0n) is 18.0. The molecule has 0 bridgehead atoms. The third kappa shape index (κ3) is 5.08. The van der Waals surface area contributed by atoms with E-state index in [0.717, 1.165) is 41.9 Å². The Morgan fingerprint density at radius 3 is 2.77 bits per heavy atom. The lowest BCUT2D eigenvalue weighted by molar-refractivity contribution is -0.137. The van der Waals surface area contributed by atoms with Crippen LogP contribution in [0, 0.1) is 6.92 Å². The molecular weight excluding hydrogens is 392 g/mol. The fourth-order valence-electron chi connectivity index (χ4n) is 3.94. The Balaban J connectivity index is 1.43. The van der Waals surface area contributed by atoms with Crippen molar-refractivity contribution < 1.29 is 18.7 Å². The molecule has 0 N–H and O–H groups in total. The van der Waals surface area contributed by atoms with Gasteiger partial charge in [0, 0.05) is 18.5 Å². The van der Waals surface area contributed by atoms with E-state index < -0.39 is 0 Å². The number of carbonyl (C=O) groups excluding carboxylic acids is 1. The van der Waals surface area contributed by atoms with Crippen molar-refractivity contribution in [3.8, 4) is 11.5 Å². The molecule has 4 rings (SSSR count). The van der Waals surface area contributed by atoms with Crippen LogP contribution in [0.25, 0.3) is 0 Å². The number of piperidine rings is 1. The quantitative estimate of drug-likeness (QED) is 0.554. The van der Waals surface area contributed by atoms with Gasteiger partial charge in [-0.15, -0.1) is 0 Å². The average molecular weight is 421 g/mol. The number of carbonyl (C=O) groups is 1. The lowest BCUT2D eigenvalue weighted by atomic mass is 10.0. The van der Waals surface area contributed by atoms with E-state index in [-0.39, 0.29) is 18.6 Å². The highest BCUT2D eigenvalue weighted by molar-refractivity contribution is 5.78. The summed E-state index contributed by atoms with van der Waals surface area (Å²) in [6.07, 6.45) is 5.19. The maximum absolute atomic E-state index is 12.9. The minimum atomic E-state index is -0.158. The number of aryl methyl sites for hydroxylation is 1. The number of para-hydroxylation sites is 1. The number of methoxy groups -OCH3 is 1. The summed E-state index contributed by atoms with van der Waals surface area (Å²) in [7, 11) is 1.66. The molecule has 1 amide bonds. The van der Waals surface area contributed by atoms with Gasteiger partial charge in [-0.1, -0.05) is 35.9 Å². The summed E-state index contributed by atoms with van der Waals surface area (Å²) in [5, 5.41) is 0. The molecule has 162 valence electrons. The molecule has 6 nitrogen and oxygen atoms in total. The van der Waals surface area contributed by atoms with Gasteiger partial charge in [-0.2, -0.15) is 0 Å². The van der Waals surface area contributed by atoms with Gasteiger partial charge in [-0.3, -0.25) is 4.79 Å². The van der Waals surface area contributed by atoms with Gasteiger partial charge in [0.1, 0.15) is 23.3 Å². The number of ether oxygens (including phenoxy) is 2. The zero-order chi connectivity index (χ0) is 21.6. The summed E-state index contributed by atoms with van der Waals surface area (Å²) in [5.41, 5.74) is 2.19. The van der Waals surface area contributed by atoms with E-state index >= 15 is 0 Å². The number of nitrogens with zero attached hydrogens (tertiary/aromatic N) is 2. The summed E-state index contributed by atoms with van der Waals surface area (Å²) < 4.78 is 17.2. The smallest absolute Gasteiger partial charge is 0.261 e. The average Bonchev–Trinajstić information content (AvgIpc) is 3.27. The summed E-state index contributed by atoms with van der Waals surface area (Å²) in [5.74, 6) is 2.82. The van der Waals surface area contributed by atoms with E-state index in [4.69, 9.17) is 13.9 Å². The third-order valence-corrected chi connectivity index (χ3v) is 5.62. The van der Waals surface area contributed by atoms with Crippen molar-refractivity contribution in [1.29, 1.82) is 0 Å². The predicted octanol–water partition coefficient (Wildman–Crippen LogP) is 4.72. The Bertz CT molecular complexity index is 1010. The Kier molecular flexibility index (Phi) is 6.55. The molecule has 1 aliphatic rings. The van der Waals surface area contributed by atoms with Crippen LogP contribution in [0.3, 0.4) is 0 Å². The van der Waals surface area contributed by atoms with Gasteiger partial charge >= 0.3 is 0 Å². The molecule has 0 saturated carbocycles. The van der Waals surface area contributed by atoms with Crippen LogP contribution in [0.5, 0.6) is 11.5 Å². The van der Waals surface area contributed by atoms with Crippen LogP contribution < -0.4 is 9.47 Å². The molecular formula is C25H28N2O4. The molecule has 1 aromatic heterocycles. The van der Waals surface area contributed by atoms with Crippen molar-refractivity contribution in [2.24, 2.45) is 0 Å². The third-order valence-electron chi connectivity index (χ3n) is 5.62. The molecule has 2 heterocycles. The molecule has 1 atom stereocenters. The first-order chi connectivity index (χ1) is 15.1. The largest absolute Gasteiger partial charge is 0.496 e. The molecule has 0 radical (unpaired) electrons. The van der Waals surface area contributed by atoms with Crippen LogP contribution in [-0.2, 0) is 11.2 Å². The molecule has 3 aromatic rings. The van der Waals surface area contributed by atoms with Crippen LogP contribution in [0.1, 0.15) is 48.1 Å². The molecule has 1 saturated heterocycles. The first-order valence-corrected chi connectivity index (χ1v) is 10.7. The van der Waals surface area contributed by atoms with E-state index in [1.807, 2.05) is 60.4 Å². The van der Waals surface area contributed by atoms with Gasteiger partial charge in [-0.25, -0.2) is 4.98 Å². The van der Waals surface area contributed by atoms with Gasteiger partial charge < -0.3 is 18.8 Å². The van der Waals surface area contributed by atoms with Gasteiger partial charge in [-0.05, 0) is 44.4 Å². The van der Waals surface area contributed by atoms with E-state index in [9.17, 15) is 4.79 Å². The fraction of sp³-hybridized carbons (Fsp3) is 0.360. The number of aromatic nitrogens is 1. The standard InChI is InChI=1S/C25H28N2O4/c1-18-10-12-20(13-11-18)30-17-24(28)27-14-6-5-8-22(27)25-26-16-21(31-25)15-19-7-3-4-9-23(19)29-2/h3-4,7,9-13,16,22H,5-6,8,14-15,17H2,1-2H3. The Morgan fingerprint density at radius 1 is 1.16 bits per heavy atom. The minimum Gasteiger partial charge on any atom is -0.496 e. The molecule has 0 aliphatic carbocycles. The second-order valence-electron chi connectivity index (χ2n) is 7.85. The first-order valence-electron chi connectivity index (χ1n) is 10.7. The highest BCUT2D eigenvalue weighted by atomic mass is 16.5. The number of amides is 1. The monoisotopic (exact) mass is 420 g/mol. The number of benzene rings is 2.